The van der Waals surface area contributed by atoms with Crippen LogP contribution in [0.3, 0.4) is 0 Å². The van der Waals surface area contributed by atoms with Crippen LogP contribution in [0, 0.1) is 17.2 Å². The average molecular weight is 347 g/mol. The van der Waals surface area contributed by atoms with Gasteiger partial charge in [-0.25, -0.2) is 0 Å². The van der Waals surface area contributed by atoms with E-state index in [0.717, 1.165) is 24.1 Å². The molecule has 4 heteroatoms. The van der Waals surface area contributed by atoms with Crippen LogP contribution in [0.15, 0.2) is 72.4 Å². The first-order chi connectivity index (χ1) is 12.6. The second kappa shape index (κ2) is 10.0. The Labute approximate surface area is 155 Å². The molecule has 0 radical (unpaired) electrons. The van der Waals surface area contributed by atoms with E-state index in [-0.39, 0.29) is 17.5 Å². The smallest absolute Gasteiger partial charge is 0.264 e. The van der Waals surface area contributed by atoms with Gasteiger partial charge in [-0.05, 0) is 23.5 Å². The van der Waals surface area contributed by atoms with Crippen LogP contribution in [0.2, 0.25) is 0 Å². The highest BCUT2D eigenvalue weighted by molar-refractivity contribution is 5.97. The van der Waals surface area contributed by atoms with E-state index in [2.05, 4.69) is 24.5 Å². The van der Waals surface area contributed by atoms with Gasteiger partial charge in [0, 0.05) is 12.7 Å². The van der Waals surface area contributed by atoms with Crippen molar-refractivity contribution in [3.05, 3.63) is 83.6 Å². The van der Waals surface area contributed by atoms with Crippen molar-refractivity contribution in [1.82, 2.24) is 10.6 Å². The molecule has 2 aromatic carbocycles. The third-order valence-electron chi connectivity index (χ3n) is 4.02. The van der Waals surface area contributed by atoms with Crippen LogP contribution < -0.4 is 10.6 Å². The predicted molar refractivity (Wildman–Crippen MR) is 104 cm³/mol. The standard InChI is InChI=1S/C22H25N3O/c1-17(2)13-14-24-16-20(15-23)22(26)25-21(18-9-5-3-6-10-18)19-11-7-4-8-12-19/h3-12,16-17,21,24H,13-14H2,1-2H3,(H,25,26)/b20-16-. The van der Waals surface area contributed by atoms with E-state index in [9.17, 15) is 10.1 Å². The number of carbonyl (C=O) groups is 1. The van der Waals surface area contributed by atoms with Crippen molar-refractivity contribution in [2.45, 2.75) is 26.3 Å². The summed E-state index contributed by atoms with van der Waals surface area (Å²) < 4.78 is 0. The third kappa shape index (κ3) is 5.78. The van der Waals surface area contributed by atoms with Gasteiger partial charge in [0.05, 0.1) is 6.04 Å². The van der Waals surface area contributed by atoms with Crippen LogP contribution in [0.25, 0.3) is 0 Å². The number of nitrogens with one attached hydrogen (secondary N) is 2. The number of rotatable bonds is 8. The quantitative estimate of drug-likeness (QED) is 0.432. The predicted octanol–water partition coefficient (Wildman–Crippen LogP) is 3.94. The van der Waals surface area contributed by atoms with Crippen molar-refractivity contribution >= 4 is 5.91 Å². The van der Waals surface area contributed by atoms with Crippen LogP contribution in [0.5, 0.6) is 0 Å². The lowest BCUT2D eigenvalue weighted by molar-refractivity contribution is -0.117. The van der Waals surface area contributed by atoms with Crippen LogP contribution in [-0.4, -0.2) is 12.5 Å². The normalized spacial score (nSPS) is 11.3. The van der Waals surface area contributed by atoms with Crippen molar-refractivity contribution in [3.8, 4) is 6.07 Å². The Morgan fingerprint density at radius 3 is 2.04 bits per heavy atom. The van der Waals surface area contributed by atoms with E-state index in [1.807, 2.05) is 66.7 Å². The van der Waals surface area contributed by atoms with E-state index in [1.54, 1.807) is 0 Å². The van der Waals surface area contributed by atoms with E-state index >= 15 is 0 Å². The summed E-state index contributed by atoms with van der Waals surface area (Å²) in [4.78, 5) is 12.6. The zero-order chi connectivity index (χ0) is 18.8. The fourth-order valence-electron chi connectivity index (χ4n) is 2.55. The highest BCUT2D eigenvalue weighted by atomic mass is 16.1. The topological polar surface area (TPSA) is 64.9 Å². The minimum absolute atomic E-state index is 0.0746. The van der Waals surface area contributed by atoms with Gasteiger partial charge < -0.3 is 10.6 Å². The maximum absolute atomic E-state index is 12.6. The number of amides is 1. The molecule has 4 nitrogen and oxygen atoms in total. The molecule has 0 heterocycles. The Balaban J connectivity index is 2.15. The Morgan fingerprint density at radius 1 is 1.04 bits per heavy atom. The van der Waals surface area contributed by atoms with Gasteiger partial charge in [-0.15, -0.1) is 0 Å². The van der Waals surface area contributed by atoms with Crippen molar-refractivity contribution in [2.75, 3.05) is 6.54 Å². The molecular formula is C22H25N3O. The van der Waals surface area contributed by atoms with Crippen molar-refractivity contribution < 1.29 is 4.79 Å². The van der Waals surface area contributed by atoms with Crippen LogP contribution >= 0.6 is 0 Å². The summed E-state index contributed by atoms with van der Waals surface area (Å²) in [7, 11) is 0. The molecule has 0 bridgehead atoms. The highest BCUT2D eigenvalue weighted by Crippen LogP contribution is 2.22. The van der Waals surface area contributed by atoms with Gasteiger partial charge >= 0.3 is 0 Å². The molecule has 0 spiro atoms. The summed E-state index contributed by atoms with van der Waals surface area (Å²) in [5, 5.41) is 15.4. The fraction of sp³-hybridized carbons (Fsp3) is 0.273. The number of hydrogen-bond donors (Lipinski definition) is 2. The van der Waals surface area contributed by atoms with E-state index in [4.69, 9.17) is 0 Å². The molecule has 0 unspecified atom stereocenters. The molecule has 26 heavy (non-hydrogen) atoms. The van der Waals surface area contributed by atoms with Crippen LogP contribution in [0.4, 0.5) is 0 Å². The number of benzene rings is 2. The fourth-order valence-corrected chi connectivity index (χ4v) is 2.55. The first kappa shape index (κ1) is 19.3. The lowest BCUT2D eigenvalue weighted by atomic mass is 9.98. The zero-order valence-corrected chi connectivity index (χ0v) is 15.3. The zero-order valence-electron chi connectivity index (χ0n) is 15.3. The van der Waals surface area contributed by atoms with E-state index in [0.29, 0.717) is 5.92 Å². The number of hydrogen-bond acceptors (Lipinski definition) is 3. The van der Waals surface area contributed by atoms with Gasteiger partial charge in [-0.2, -0.15) is 5.26 Å². The van der Waals surface area contributed by atoms with Crippen molar-refractivity contribution in [1.29, 1.82) is 5.26 Å². The van der Waals surface area contributed by atoms with Gasteiger partial charge in [0.15, 0.2) is 0 Å². The molecule has 134 valence electrons. The number of carbonyl (C=O) groups excluding carboxylic acids is 1. The van der Waals surface area contributed by atoms with Gasteiger partial charge in [0.1, 0.15) is 11.6 Å². The summed E-state index contributed by atoms with van der Waals surface area (Å²) in [5.41, 5.74) is 2.01. The first-order valence-corrected chi connectivity index (χ1v) is 8.86. The number of nitrogens with zero attached hydrogens (tertiary/aromatic N) is 1. The van der Waals surface area contributed by atoms with Crippen LogP contribution in [-0.2, 0) is 4.79 Å². The molecule has 0 atom stereocenters. The molecular weight excluding hydrogens is 322 g/mol. The molecule has 2 N–H and O–H groups in total. The molecule has 0 aliphatic heterocycles. The second-order valence-electron chi connectivity index (χ2n) is 6.53. The number of nitriles is 1. The van der Waals surface area contributed by atoms with Gasteiger partial charge in [0.2, 0.25) is 0 Å². The summed E-state index contributed by atoms with van der Waals surface area (Å²) >= 11 is 0. The summed E-state index contributed by atoms with van der Waals surface area (Å²) in [5.74, 6) is 0.179. The van der Waals surface area contributed by atoms with E-state index < -0.39 is 0 Å². The SMILES string of the molecule is CC(C)CCN/C=C(/C#N)C(=O)NC(c1ccccc1)c1ccccc1. The van der Waals surface area contributed by atoms with Crippen molar-refractivity contribution in [2.24, 2.45) is 5.92 Å². The van der Waals surface area contributed by atoms with Crippen molar-refractivity contribution in [3.63, 3.8) is 0 Å². The molecule has 2 aromatic rings. The lowest BCUT2D eigenvalue weighted by Gasteiger charge is -2.19. The average Bonchev–Trinajstić information content (AvgIpc) is 2.67. The molecule has 1 amide bonds. The lowest BCUT2D eigenvalue weighted by Crippen LogP contribution is -2.31. The van der Waals surface area contributed by atoms with Gasteiger partial charge in [-0.3, -0.25) is 4.79 Å². The monoisotopic (exact) mass is 347 g/mol. The Kier molecular flexibility index (Phi) is 7.45. The Hall–Kier alpha value is -3.06. The largest absolute Gasteiger partial charge is 0.390 e. The van der Waals surface area contributed by atoms with Gasteiger partial charge in [0.25, 0.3) is 5.91 Å². The Morgan fingerprint density at radius 2 is 1.58 bits per heavy atom. The minimum atomic E-state index is -0.387. The summed E-state index contributed by atoms with van der Waals surface area (Å²) in [6.45, 7) is 5.00. The van der Waals surface area contributed by atoms with Crippen LogP contribution in [0.1, 0.15) is 37.4 Å². The minimum Gasteiger partial charge on any atom is -0.390 e. The molecule has 0 saturated carbocycles. The highest BCUT2D eigenvalue weighted by Gasteiger charge is 2.18. The molecule has 0 saturated heterocycles. The second-order valence-corrected chi connectivity index (χ2v) is 6.53. The molecule has 0 fully saturated rings. The maximum Gasteiger partial charge on any atom is 0.264 e. The van der Waals surface area contributed by atoms with E-state index in [1.165, 1.54) is 6.20 Å². The molecule has 0 aliphatic carbocycles. The molecule has 0 aliphatic rings. The summed E-state index contributed by atoms with van der Waals surface area (Å²) in [6.07, 6.45) is 2.48. The molecule has 2 rings (SSSR count). The molecule has 0 aromatic heterocycles. The maximum atomic E-state index is 12.6. The third-order valence-corrected chi connectivity index (χ3v) is 4.02. The summed E-state index contributed by atoms with van der Waals surface area (Å²) in [6, 6.07) is 21.2. The first-order valence-electron chi connectivity index (χ1n) is 8.86. The van der Waals surface area contributed by atoms with Gasteiger partial charge in [-0.1, -0.05) is 74.5 Å². The Bertz CT molecular complexity index is 721.